The molecule has 3 nitrogen and oxygen atoms in total. The van der Waals surface area contributed by atoms with E-state index in [1.807, 2.05) is 0 Å². The monoisotopic (exact) mass is 385 g/mol. The van der Waals surface area contributed by atoms with Gasteiger partial charge in [0, 0.05) is 0 Å². The van der Waals surface area contributed by atoms with Crippen LogP contribution in [-0.4, -0.2) is 19.5 Å². The smallest absolute Gasteiger partial charge is 0.265 e. The fraction of sp³-hybridized carbons (Fsp3) is 0.522. The van der Waals surface area contributed by atoms with E-state index in [9.17, 15) is 0 Å². The van der Waals surface area contributed by atoms with Crippen LogP contribution in [0.3, 0.4) is 0 Å². The second kappa shape index (κ2) is 9.02. The number of benzene rings is 1. The number of aromatic nitrogens is 2. The van der Waals surface area contributed by atoms with Crippen molar-refractivity contribution in [2.45, 2.75) is 57.7 Å². The predicted molar refractivity (Wildman–Crippen MR) is 116 cm³/mol. The van der Waals surface area contributed by atoms with E-state index >= 15 is 0 Å². The minimum Gasteiger partial charge on any atom is -0.416 e. The van der Waals surface area contributed by atoms with E-state index in [1.54, 1.807) is 0 Å². The van der Waals surface area contributed by atoms with Gasteiger partial charge in [0.25, 0.3) is 5.82 Å². The van der Waals surface area contributed by atoms with Crippen LogP contribution in [0.25, 0.3) is 0 Å². The van der Waals surface area contributed by atoms with Crippen LogP contribution in [0.15, 0.2) is 54.9 Å². The largest absolute Gasteiger partial charge is 0.416 e. The molecule has 0 bridgehead atoms. The molecule has 0 amide bonds. The highest BCUT2D eigenvalue weighted by molar-refractivity contribution is 6.74. The number of aryl methyl sites for hydroxylation is 3. The van der Waals surface area contributed by atoms with Crippen LogP contribution < -0.4 is 4.57 Å². The zero-order valence-electron chi connectivity index (χ0n) is 18.2. The number of hydrogen-bond donors (Lipinski definition) is 0. The summed E-state index contributed by atoms with van der Waals surface area (Å²) in [5, 5.41) is 0.227. The van der Waals surface area contributed by atoms with Gasteiger partial charge < -0.3 is 4.43 Å². The van der Waals surface area contributed by atoms with Gasteiger partial charge in [-0.3, -0.25) is 0 Å². The van der Waals surface area contributed by atoms with Gasteiger partial charge in [0.15, 0.2) is 8.32 Å². The van der Waals surface area contributed by atoms with Crippen LogP contribution >= 0.6 is 0 Å². The van der Waals surface area contributed by atoms with Gasteiger partial charge in [-0.05, 0) is 36.5 Å². The van der Waals surface area contributed by atoms with Crippen LogP contribution in [0.5, 0.6) is 0 Å². The van der Waals surface area contributed by atoms with Crippen LogP contribution in [0.1, 0.15) is 44.5 Å². The molecule has 4 heteroatoms. The normalized spacial score (nSPS) is 14.0. The van der Waals surface area contributed by atoms with Gasteiger partial charge in [-0.25, -0.2) is 9.13 Å². The Labute approximate surface area is 166 Å². The minimum atomic E-state index is -1.77. The third-order valence-corrected chi connectivity index (χ3v) is 10.3. The van der Waals surface area contributed by atoms with Crippen molar-refractivity contribution in [2.24, 2.45) is 14.1 Å². The van der Waals surface area contributed by atoms with Crippen molar-refractivity contribution in [1.29, 1.82) is 0 Å². The first kappa shape index (κ1) is 21.6. The molecule has 0 aliphatic rings. The number of rotatable bonds is 8. The molecule has 148 valence electrons. The number of imidazole rings is 1. The lowest BCUT2D eigenvalue weighted by Gasteiger charge is -2.36. The summed E-state index contributed by atoms with van der Waals surface area (Å²) in [5.41, 5.74) is 1.39. The number of hydrogen-bond acceptors (Lipinski definition) is 1. The van der Waals surface area contributed by atoms with E-state index in [0.29, 0.717) is 0 Å². The van der Waals surface area contributed by atoms with Gasteiger partial charge >= 0.3 is 0 Å². The van der Waals surface area contributed by atoms with Crippen molar-refractivity contribution in [3.63, 3.8) is 0 Å². The zero-order chi connectivity index (χ0) is 20.1. The molecule has 2 rings (SSSR count). The average Bonchev–Trinajstić information content (AvgIpc) is 2.93. The molecule has 0 fully saturated rings. The molecule has 1 atom stereocenters. The van der Waals surface area contributed by atoms with E-state index in [2.05, 4.69) is 112 Å². The third-order valence-electron chi connectivity index (χ3n) is 5.81. The van der Waals surface area contributed by atoms with Crippen LogP contribution in [-0.2, 0) is 24.9 Å². The van der Waals surface area contributed by atoms with E-state index in [1.165, 1.54) is 11.4 Å². The quantitative estimate of drug-likeness (QED) is 0.349. The summed E-state index contributed by atoms with van der Waals surface area (Å²) in [7, 11) is 2.47. The van der Waals surface area contributed by atoms with Crippen molar-refractivity contribution in [2.75, 3.05) is 6.61 Å². The maximum atomic E-state index is 6.57. The van der Waals surface area contributed by atoms with Gasteiger partial charge in [0.2, 0.25) is 0 Å². The topological polar surface area (TPSA) is 18.0 Å². The maximum absolute atomic E-state index is 6.57. The Morgan fingerprint density at radius 1 is 1.19 bits per heavy atom. The highest BCUT2D eigenvalue weighted by Gasteiger charge is 2.38. The Kier molecular flexibility index (Phi) is 7.23. The van der Waals surface area contributed by atoms with E-state index in [0.717, 1.165) is 19.4 Å². The van der Waals surface area contributed by atoms with Crippen molar-refractivity contribution in [3.05, 3.63) is 66.3 Å². The summed E-state index contributed by atoms with van der Waals surface area (Å²) in [6.45, 7) is 12.3. The number of nitrogens with zero attached hydrogens (tertiary/aromatic N) is 2. The van der Waals surface area contributed by atoms with Crippen LogP contribution in [0, 0.1) is 0 Å². The van der Waals surface area contributed by atoms with Crippen molar-refractivity contribution < 1.29 is 8.99 Å². The van der Waals surface area contributed by atoms with Gasteiger partial charge in [-0.1, -0.05) is 63.3 Å². The average molecular weight is 386 g/mol. The molecule has 0 unspecified atom stereocenters. The van der Waals surface area contributed by atoms with E-state index < -0.39 is 8.32 Å². The first-order valence-electron chi connectivity index (χ1n) is 9.97. The first-order chi connectivity index (χ1) is 12.6. The molecule has 0 saturated heterocycles. The van der Waals surface area contributed by atoms with Crippen LogP contribution in [0.2, 0.25) is 18.1 Å². The fourth-order valence-corrected chi connectivity index (χ4v) is 4.04. The highest BCUT2D eigenvalue weighted by Crippen LogP contribution is 2.37. The predicted octanol–water partition coefficient (Wildman–Crippen LogP) is 5.14. The second-order valence-electron chi connectivity index (χ2n) is 9.01. The number of allylic oxidation sites excluding steroid dienone is 1. The molecule has 2 aromatic rings. The second-order valence-corrected chi connectivity index (χ2v) is 13.8. The Morgan fingerprint density at radius 2 is 1.85 bits per heavy atom. The van der Waals surface area contributed by atoms with Gasteiger partial charge in [-0.2, -0.15) is 0 Å². The lowest BCUT2D eigenvalue weighted by Crippen LogP contribution is -2.43. The van der Waals surface area contributed by atoms with Crippen molar-refractivity contribution in [1.82, 2.24) is 4.57 Å². The Balaban J connectivity index is 2.09. The molecular weight excluding hydrogens is 348 g/mol. The molecule has 0 aliphatic carbocycles. The first-order valence-corrected chi connectivity index (χ1v) is 12.9. The van der Waals surface area contributed by atoms with Crippen molar-refractivity contribution in [3.8, 4) is 0 Å². The molecule has 0 spiro atoms. The van der Waals surface area contributed by atoms with Gasteiger partial charge in [-0.15, -0.1) is 0 Å². The molecule has 27 heavy (non-hydrogen) atoms. The van der Waals surface area contributed by atoms with Gasteiger partial charge in [0.1, 0.15) is 18.3 Å². The molecular formula is C23H37N2OSi+. The summed E-state index contributed by atoms with van der Waals surface area (Å²) in [5.74, 6) is 1.55. The van der Waals surface area contributed by atoms with Crippen LogP contribution in [0.4, 0.5) is 0 Å². The Bertz CT molecular complexity index is 722. The molecule has 0 saturated carbocycles. The van der Waals surface area contributed by atoms with E-state index in [4.69, 9.17) is 4.43 Å². The lowest BCUT2D eigenvalue weighted by molar-refractivity contribution is -0.679. The summed E-state index contributed by atoms with van der Waals surface area (Å²) in [4.78, 5) is 0. The van der Waals surface area contributed by atoms with E-state index in [-0.39, 0.29) is 11.0 Å². The molecule has 1 aromatic carbocycles. The molecule has 1 aromatic heterocycles. The highest BCUT2D eigenvalue weighted by atomic mass is 28.4. The Hall–Kier alpha value is -1.65. The lowest BCUT2D eigenvalue weighted by atomic mass is 10.1. The molecule has 1 heterocycles. The summed E-state index contributed by atoms with van der Waals surface area (Å²) in [6, 6.07) is 10.7. The Morgan fingerprint density at radius 3 is 2.41 bits per heavy atom. The third kappa shape index (κ3) is 5.91. The summed E-state index contributed by atoms with van der Waals surface area (Å²) in [6.07, 6.45) is 11.0. The molecule has 0 aliphatic heterocycles. The SMILES string of the molecule is Cn1cc[n+](C)c1[C@@H](/C=C/CCc1ccccc1)CO[Si](C)(C)C(C)(C)C. The molecule has 0 N–H and O–H groups in total. The maximum Gasteiger partial charge on any atom is 0.265 e. The summed E-state index contributed by atoms with van der Waals surface area (Å²) >= 11 is 0. The summed E-state index contributed by atoms with van der Waals surface area (Å²) < 4.78 is 11.0. The van der Waals surface area contributed by atoms with Gasteiger partial charge in [0.05, 0.1) is 20.7 Å². The fourth-order valence-electron chi connectivity index (χ4n) is 3.01. The molecule has 0 radical (unpaired) electrons. The van der Waals surface area contributed by atoms with Crippen molar-refractivity contribution >= 4 is 8.32 Å². The standard InChI is InChI=1S/C23H37N2OSi/c1-23(2,3)27(6,7)26-19-21(22-24(4)17-18-25(22)5)16-12-11-15-20-13-9-8-10-14-20/h8-10,12-14,16-18,21H,11,15,19H2,1-7H3/q+1/b16-12+/t21-/m0/s1. The zero-order valence-corrected chi connectivity index (χ0v) is 19.2. The minimum absolute atomic E-state index is 0.227.